The van der Waals surface area contributed by atoms with Crippen LogP contribution in [0.3, 0.4) is 0 Å². The van der Waals surface area contributed by atoms with Gasteiger partial charge >= 0.3 is 0 Å². The summed E-state index contributed by atoms with van der Waals surface area (Å²) in [6, 6.07) is 30.3. The van der Waals surface area contributed by atoms with Gasteiger partial charge < -0.3 is 10.9 Å². The Kier molecular flexibility index (Phi) is 6.72. The Bertz CT molecular complexity index is 1260. The number of para-hydroxylation sites is 1. The third-order valence-corrected chi connectivity index (χ3v) is 4.46. The second-order valence-corrected chi connectivity index (χ2v) is 6.85. The first-order valence-corrected chi connectivity index (χ1v) is 10.0. The largest absolute Gasteiger partial charge is 0.301 e. The predicted molar refractivity (Wildman–Crippen MR) is 128 cm³/mol. The standard InChI is InChI=1S/C24H19N7O2/c32-31(33)24-16-14-23(15-17-24)30-29-22-12-10-21(11-13-22)28-27-20-8-6-19(7-9-20)26-25-18-4-2-1-3-5-18/h1-17,25-26H. The summed E-state index contributed by atoms with van der Waals surface area (Å²) >= 11 is 0. The molecule has 0 fully saturated rings. The molecule has 9 heteroatoms. The lowest BCUT2D eigenvalue weighted by Crippen LogP contribution is -2.07. The van der Waals surface area contributed by atoms with Crippen molar-refractivity contribution in [1.29, 1.82) is 0 Å². The van der Waals surface area contributed by atoms with Gasteiger partial charge in [-0.25, -0.2) is 0 Å². The SMILES string of the molecule is O=[N+]([O-])c1ccc(N=Nc2ccc(N=Nc3ccc(NNc4ccccc4)cc3)cc2)cc1. The van der Waals surface area contributed by atoms with Crippen molar-refractivity contribution in [2.45, 2.75) is 0 Å². The zero-order valence-electron chi connectivity index (χ0n) is 17.4. The van der Waals surface area contributed by atoms with Crippen LogP contribution in [0.15, 0.2) is 124 Å². The van der Waals surface area contributed by atoms with Crippen LogP contribution < -0.4 is 10.9 Å². The zero-order valence-corrected chi connectivity index (χ0v) is 17.4. The molecule has 33 heavy (non-hydrogen) atoms. The Morgan fingerprint density at radius 1 is 0.515 bits per heavy atom. The maximum absolute atomic E-state index is 10.7. The number of non-ortho nitro benzene ring substituents is 1. The molecular formula is C24H19N7O2. The fourth-order valence-corrected chi connectivity index (χ4v) is 2.74. The number of azo groups is 2. The number of rotatable bonds is 8. The molecule has 4 aromatic carbocycles. The van der Waals surface area contributed by atoms with Gasteiger partial charge in [0.25, 0.3) is 5.69 Å². The average molecular weight is 437 g/mol. The third-order valence-electron chi connectivity index (χ3n) is 4.46. The molecule has 0 saturated heterocycles. The Morgan fingerprint density at radius 2 is 0.879 bits per heavy atom. The van der Waals surface area contributed by atoms with Crippen LogP contribution in [-0.2, 0) is 0 Å². The lowest BCUT2D eigenvalue weighted by Gasteiger charge is -2.09. The molecule has 4 rings (SSSR count). The van der Waals surface area contributed by atoms with Crippen molar-refractivity contribution in [2.24, 2.45) is 20.5 Å². The van der Waals surface area contributed by atoms with Crippen molar-refractivity contribution in [3.05, 3.63) is 113 Å². The molecule has 0 aliphatic carbocycles. The molecule has 0 atom stereocenters. The quantitative estimate of drug-likeness (QED) is 0.166. The number of nitrogens with one attached hydrogen (secondary N) is 2. The average Bonchev–Trinajstić information content (AvgIpc) is 2.87. The number of hydrogen-bond acceptors (Lipinski definition) is 8. The van der Waals surface area contributed by atoms with Gasteiger partial charge in [-0.3, -0.25) is 10.1 Å². The Balaban J connectivity index is 1.31. The van der Waals surface area contributed by atoms with Crippen LogP contribution in [-0.4, -0.2) is 4.92 Å². The molecule has 0 amide bonds. The summed E-state index contributed by atoms with van der Waals surface area (Å²) in [6.45, 7) is 0. The van der Waals surface area contributed by atoms with Gasteiger partial charge in [0.05, 0.1) is 39.0 Å². The van der Waals surface area contributed by atoms with E-state index in [1.54, 1.807) is 36.4 Å². The van der Waals surface area contributed by atoms with Crippen molar-refractivity contribution < 1.29 is 4.92 Å². The van der Waals surface area contributed by atoms with Crippen molar-refractivity contribution >= 4 is 39.8 Å². The molecule has 0 aliphatic rings. The van der Waals surface area contributed by atoms with E-state index in [-0.39, 0.29) is 5.69 Å². The van der Waals surface area contributed by atoms with Crippen molar-refractivity contribution in [3.8, 4) is 0 Å². The van der Waals surface area contributed by atoms with Crippen LogP contribution in [0.4, 0.5) is 39.8 Å². The molecule has 0 aliphatic heterocycles. The van der Waals surface area contributed by atoms with Crippen LogP contribution in [0.25, 0.3) is 0 Å². The van der Waals surface area contributed by atoms with Crippen molar-refractivity contribution in [3.63, 3.8) is 0 Å². The van der Waals surface area contributed by atoms with E-state index >= 15 is 0 Å². The molecule has 162 valence electrons. The Hall–Kier alpha value is -4.92. The van der Waals surface area contributed by atoms with E-state index in [1.807, 2.05) is 54.6 Å². The smallest absolute Gasteiger partial charge is 0.269 e. The lowest BCUT2D eigenvalue weighted by atomic mass is 10.3. The van der Waals surface area contributed by atoms with Gasteiger partial charge in [-0.15, -0.1) is 0 Å². The second kappa shape index (κ2) is 10.4. The van der Waals surface area contributed by atoms with Crippen LogP contribution in [0.5, 0.6) is 0 Å². The summed E-state index contributed by atoms with van der Waals surface area (Å²) in [5.41, 5.74) is 10.7. The molecule has 0 heterocycles. The fraction of sp³-hybridized carbons (Fsp3) is 0. The highest BCUT2D eigenvalue weighted by Crippen LogP contribution is 2.25. The summed E-state index contributed by atoms with van der Waals surface area (Å²) in [5, 5.41) is 27.4. The minimum Gasteiger partial charge on any atom is -0.301 e. The van der Waals surface area contributed by atoms with Gasteiger partial charge in [0.2, 0.25) is 0 Å². The van der Waals surface area contributed by atoms with Crippen LogP contribution >= 0.6 is 0 Å². The topological polar surface area (TPSA) is 117 Å². The van der Waals surface area contributed by atoms with Gasteiger partial charge in [-0.2, -0.15) is 20.5 Å². The van der Waals surface area contributed by atoms with E-state index < -0.39 is 4.92 Å². The van der Waals surface area contributed by atoms with E-state index in [9.17, 15) is 10.1 Å². The first-order valence-electron chi connectivity index (χ1n) is 10.0. The molecule has 0 unspecified atom stereocenters. The second-order valence-electron chi connectivity index (χ2n) is 6.85. The van der Waals surface area contributed by atoms with E-state index in [0.29, 0.717) is 17.1 Å². The van der Waals surface area contributed by atoms with E-state index in [0.717, 1.165) is 17.1 Å². The van der Waals surface area contributed by atoms with Gasteiger partial charge in [-0.1, -0.05) is 18.2 Å². The molecule has 9 nitrogen and oxygen atoms in total. The summed E-state index contributed by atoms with van der Waals surface area (Å²) in [7, 11) is 0. The summed E-state index contributed by atoms with van der Waals surface area (Å²) < 4.78 is 0. The number of nitro benzene ring substituents is 1. The van der Waals surface area contributed by atoms with Gasteiger partial charge in [0.15, 0.2) is 0 Å². The van der Waals surface area contributed by atoms with Crippen LogP contribution in [0.2, 0.25) is 0 Å². The normalized spacial score (nSPS) is 11.0. The maximum atomic E-state index is 10.7. The summed E-state index contributed by atoms with van der Waals surface area (Å²) in [6.07, 6.45) is 0. The molecule has 2 N–H and O–H groups in total. The fourth-order valence-electron chi connectivity index (χ4n) is 2.74. The van der Waals surface area contributed by atoms with Gasteiger partial charge in [0, 0.05) is 12.1 Å². The highest BCUT2D eigenvalue weighted by Gasteiger charge is 2.03. The number of hydrazine groups is 1. The predicted octanol–water partition coefficient (Wildman–Crippen LogP) is 7.86. The number of benzene rings is 4. The number of nitrogens with zero attached hydrogens (tertiary/aromatic N) is 5. The van der Waals surface area contributed by atoms with Crippen molar-refractivity contribution in [2.75, 3.05) is 10.9 Å². The van der Waals surface area contributed by atoms with Gasteiger partial charge in [0.1, 0.15) is 0 Å². The Morgan fingerprint density at radius 3 is 1.30 bits per heavy atom. The molecule has 0 bridgehead atoms. The van der Waals surface area contributed by atoms with Gasteiger partial charge in [-0.05, 0) is 72.8 Å². The number of anilines is 2. The minimum atomic E-state index is -0.456. The maximum Gasteiger partial charge on any atom is 0.269 e. The van der Waals surface area contributed by atoms with Crippen LogP contribution in [0.1, 0.15) is 0 Å². The first-order chi connectivity index (χ1) is 16.2. The highest BCUT2D eigenvalue weighted by atomic mass is 16.6. The van der Waals surface area contributed by atoms with E-state index in [2.05, 4.69) is 31.3 Å². The Labute approximate surface area is 189 Å². The molecule has 4 aromatic rings. The highest BCUT2D eigenvalue weighted by molar-refractivity contribution is 5.56. The minimum absolute atomic E-state index is 0.0124. The lowest BCUT2D eigenvalue weighted by molar-refractivity contribution is -0.384. The molecular weight excluding hydrogens is 418 g/mol. The first kappa shape index (κ1) is 21.3. The number of nitro groups is 1. The molecule has 0 spiro atoms. The molecule has 0 saturated carbocycles. The zero-order chi connectivity index (χ0) is 22.9. The van der Waals surface area contributed by atoms with E-state index in [1.165, 1.54) is 12.1 Å². The summed E-state index contributed by atoms with van der Waals surface area (Å²) in [4.78, 5) is 10.2. The summed E-state index contributed by atoms with van der Waals surface area (Å²) in [5.74, 6) is 0. The van der Waals surface area contributed by atoms with Crippen molar-refractivity contribution in [1.82, 2.24) is 0 Å². The monoisotopic (exact) mass is 437 g/mol. The molecule has 0 aromatic heterocycles. The van der Waals surface area contributed by atoms with Crippen LogP contribution in [0, 0.1) is 10.1 Å². The molecule has 0 radical (unpaired) electrons. The number of hydrogen-bond donors (Lipinski definition) is 2. The third kappa shape index (κ3) is 6.28. The van der Waals surface area contributed by atoms with E-state index in [4.69, 9.17) is 0 Å².